The van der Waals surface area contributed by atoms with Crippen LogP contribution in [0.15, 0.2) is 41.7 Å². The molecule has 0 aliphatic rings. The SMILES string of the molecule is Cc1cccc2ncn(Cc3cnn(C)c3)c(=O)c12. The van der Waals surface area contributed by atoms with Crippen molar-refractivity contribution < 1.29 is 0 Å². The molecule has 5 heteroatoms. The molecule has 0 atom stereocenters. The van der Waals surface area contributed by atoms with E-state index in [1.807, 2.05) is 38.4 Å². The molecule has 0 spiro atoms. The Morgan fingerprint density at radius 1 is 1.32 bits per heavy atom. The van der Waals surface area contributed by atoms with Gasteiger partial charge in [0, 0.05) is 18.8 Å². The van der Waals surface area contributed by atoms with Crippen molar-refractivity contribution in [3.8, 4) is 0 Å². The zero-order valence-electron chi connectivity index (χ0n) is 10.9. The zero-order chi connectivity index (χ0) is 13.4. The summed E-state index contributed by atoms with van der Waals surface area (Å²) in [6.07, 6.45) is 5.25. The van der Waals surface area contributed by atoms with Crippen LogP contribution in [0.4, 0.5) is 0 Å². The smallest absolute Gasteiger partial charge is 0.261 e. The molecule has 1 aromatic carbocycles. The third-order valence-electron chi connectivity index (χ3n) is 3.17. The highest BCUT2D eigenvalue weighted by molar-refractivity contribution is 5.80. The molecule has 2 heterocycles. The van der Waals surface area contributed by atoms with Gasteiger partial charge in [-0.3, -0.25) is 14.0 Å². The standard InChI is InChI=1S/C14H14N4O/c1-10-4-3-5-12-13(10)14(19)18(9-15-12)8-11-6-16-17(2)7-11/h3-7,9H,8H2,1-2H3. The number of aromatic nitrogens is 4. The van der Waals surface area contributed by atoms with E-state index < -0.39 is 0 Å². The minimum atomic E-state index is -0.00745. The van der Waals surface area contributed by atoms with Crippen LogP contribution in [-0.4, -0.2) is 19.3 Å². The van der Waals surface area contributed by atoms with E-state index in [9.17, 15) is 4.79 Å². The minimum absolute atomic E-state index is 0.00745. The van der Waals surface area contributed by atoms with Crippen LogP contribution >= 0.6 is 0 Å². The van der Waals surface area contributed by atoms with Crippen molar-refractivity contribution in [2.24, 2.45) is 7.05 Å². The molecule has 0 aliphatic carbocycles. The van der Waals surface area contributed by atoms with Crippen LogP contribution < -0.4 is 5.56 Å². The fraction of sp³-hybridized carbons (Fsp3) is 0.214. The number of hydrogen-bond acceptors (Lipinski definition) is 3. The van der Waals surface area contributed by atoms with Crippen LogP contribution in [0, 0.1) is 6.92 Å². The molecule has 0 unspecified atom stereocenters. The molecule has 0 saturated carbocycles. The number of aryl methyl sites for hydroxylation is 2. The Kier molecular flexibility index (Phi) is 2.67. The van der Waals surface area contributed by atoms with Crippen molar-refractivity contribution in [3.05, 3.63) is 58.4 Å². The summed E-state index contributed by atoms with van der Waals surface area (Å²) < 4.78 is 3.34. The van der Waals surface area contributed by atoms with Gasteiger partial charge in [-0.05, 0) is 18.6 Å². The average molecular weight is 254 g/mol. The summed E-state index contributed by atoms with van der Waals surface area (Å²) in [7, 11) is 1.86. The fourth-order valence-electron chi connectivity index (χ4n) is 2.23. The summed E-state index contributed by atoms with van der Waals surface area (Å²) in [5, 5.41) is 4.79. The molecule has 5 nitrogen and oxygen atoms in total. The van der Waals surface area contributed by atoms with E-state index in [4.69, 9.17) is 0 Å². The van der Waals surface area contributed by atoms with Crippen LogP contribution in [0.1, 0.15) is 11.1 Å². The molecular weight excluding hydrogens is 240 g/mol. The number of hydrogen-bond donors (Lipinski definition) is 0. The highest BCUT2D eigenvalue weighted by atomic mass is 16.1. The number of nitrogens with zero attached hydrogens (tertiary/aromatic N) is 4. The third kappa shape index (κ3) is 2.03. The summed E-state index contributed by atoms with van der Waals surface area (Å²) >= 11 is 0. The highest BCUT2D eigenvalue weighted by Gasteiger charge is 2.07. The minimum Gasteiger partial charge on any atom is -0.294 e. The van der Waals surface area contributed by atoms with Gasteiger partial charge in [-0.2, -0.15) is 5.10 Å². The summed E-state index contributed by atoms with van der Waals surface area (Å²) in [6, 6.07) is 5.70. The molecule has 0 bridgehead atoms. The Morgan fingerprint density at radius 3 is 2.89 bits per heavy atom. The molecule has 0 radical (unpaired) electrons. The number of benzene rings is 1. The molecule has 3 rings (SSSR count). The van der Waals surface area contributed by atoms with Gasteiger partial charge in [0.05, 0.1) is 30.0 Å². The molecule has 0 N–H and O–H groups in total. The Balaban J connectivity index is 2.13. The van der Waals surface area contributed by atoms with Crippen molar-refractivity contribution in [2.75, 3.05) is 0 Å². The molecule has 3 aromatic rings. The fourth-order valence-corrected chi connectivity index (χ4v) is 2.23. The first-order valence-electron chi connectivity index (χ1n) is 6.07. The first-order chi connectivity index (χ1) is 9.15. The quantitative estimate of drug-likeness (QED) is 0.696. The van der Waals surface area contributed by atoms with Gasteiger partial charge in [0.2, 0.25) is 0 Å². The molecule has 0 aliphatic heterocycles. The Hall–Kier alpha value is -2.43. The summed E-state index contributed by atoms with van der Waals surface area (Å²) in [5.74, 6) is 0. The van der Waals surface area contributed by atoms with E-state index >= 15 is 0 Å². The van der Waals surface area contributed by atoms with Gasteiger partial charge in [-0.15, -0.1) is 0 Å². The largest absolute Gasteiger partial charge is 0.294 e. The lowest BCUT2D eigenvalue weighted by Gasteiger charge is -2.06. The van der Waals surface area contributed by atoms with Crippen LogP contribution in [0.5, 0.6) is 0 Å². The second kappa shape index (κ2) is 4.35. The van der Waals surface area contributed by atoms with Crippen molar-refractivity contribution in [2.45, 2.75) is 13.5 Å². The maximum Gasteiger partial charge on any atom is 0.261 e. The maximum atomic E-state index is 12.5. The van der Waals surface area contributed by atoms with E-state index in [1.54, 1.807) is 21.8 Å². The molecule has 0 amide bonds. The Morgan fingerprint density at radius 2 is 2.16 bits per heavy atom. The zero-order valence-corrected chi connectivity index (χ0v) is 10.9. The van der Waals surface area contributed by atoms with Crippen molar-refractivity contribution in [1.29, 1.82) is 0 Å². The molecule has 19 heavy (non-hydrogen) atoms. The number of rotatable bonds is 2. The summed E-state index contributed by atoms with van der Waals surface area (Å²) in [4.78, 5) is 16.8. The number of fused-ring (bicyclic) bond motifs is 1. The molecule has 0 fully saturated rings. The van der Waals surface area contributed by atoms with Crippen LogP contribution in [0.25, 0.3) is 10.9 Å². The summed E-state index contributed by atoms with van der Waals surface area (Å²) in [5.41, 5.74) is 2.68. The lowest BCUT2D eigenvalue weighted by Crippen LogP contribution is -2.21. The van der Waals surface area contributed by atoms with Crippen LogP contribution in [0.2, 0.25) is 0 Å². The van der Waals surface area contributed by atoms with E-state index in [1.165, 1.54) is 0 Å². The Bertz CT molecular complexity index is 801. The van der Waals surface area contributed by atoms with Gasteiger partial charge in [0.1, 0.15) is 0 Å². The monoisotopic (exact) mass is 254 g/mol. The lowest BCUT2D eigenvalue weighted by atomic mass is 10.1. The first-order valence-corrected chi connectivity index (χ1v) is 6.07. The van der Waals surface area contributed by atoms with E-state index in [0.717, 1.165) is 16.6 Å². The predicted molar refractivity (Wildman–Crippen MR) is 73.1 cm³/mol. The van der Waals surface area contributed by atoms with Crippen molar-refractivity contribution in [1.82, 2.24) is 19.3 Å². The van der Waals surface area contributed by atoms with Crippen LogP contribution in [-0.2, 0) is 13.6 Å². The van der Waals surface area contributed by atoms with Gasteiger partial charge in [-0.25, -0.2) is 4.98 Å². The van der Waals surface area contributed by atoms with Gasteiger partial charge >= 0.3 is 0 Å². The third-order valence-corrected chi connectivity index (χ3v) is 3.17. The van der Waals surface area contributed by atoms with Crippen molar-refractivity contribution >= 4 is 10.9 Å². The average Bonchev–Trinajstić information content (AvgIpc) is 2.78. The van der Waals surface area contributed by atoms with Gasteiger partial charge < -0.3 is 0 Å². The van der Waals surface area contributed by atoms with Gasteiger partial charge in [0.15, 0.2) is 0 Å². The van der Waals surface area contributed by atoms with Gasteiger partial charge in [-0.1, -0.05) is 12.1 Å². The topological polar surface area (TPSA) is 52.7 Å². The Labute approximate surface area is 110 Å². The second-order valence-corrected chi connectivity index (χ2v) is 4.67. The summed E-state index contributed by atoms with van der Waals surface area (Å²) in [6.45, 7) is 2.42. The van der Waals surface area contributed by atoms with Gasteiger partial charge in [0.25, 0.3) is 5.56 Å². The molecule has 96 valence electrons. The normalized spacial score (nSPS) is 11.1. The second-order valence-electron chi connectivity index (χ2n) is 4.67. The first kappa shape index (κ1) is 11.6. The molecule has 0 saturated heterocycles. The molecular formula is C14H14N4O. The lowest BCUT2D eigenvalue weighted by molar-refractivity contribution is 0.741. The maximum absolute atomic E-state index is 12.5. The highest BCUT2D eigenvalue weighted by Crippen LogP contribution is 2.11. The van der Waals surface area contributed by atoms with Crippen LogP contribution in [0.3, 0.4) is 0 Å². The van der Waals surface area contributed by atoms with E-state index in [-0.39, 0.29) is 5.56 Å². The molecule has 2 aromatic heterocycles. The van der Waals surface area contributed by atoms with Crippen molar-refractivity contribution in [3.63, 3.8) is 0 Å². The van der Waals surface area contributed by atoms with E-state index in [0.29, 0.717) is 11.9 Å². The predicted octanol–water partition coefficient (Wildman–Crippen LogP) is 1.49. The van der Waals surface area contributed by atoms with E-state index in [2.05, 4.69) is 10.1 Å².